The molecule has 0 aliphatic rings. The van der Waals surface area contributed by atoms with Gasteiger partial charge in [0.2, 0.25) is 0 Å². The van der Waals surface area contributed by atoms with Crippen molar-refractivity contribution in [3.8, 4) is 0 Å². The smallest absolute Gasteiger partial charge is 0.177 e. The highest BCUT2D eigenvalue weighted by molar-refractivity contribution is 5.99. The molecule has 0 radical (unpaired) electrons. The monoisotopic (exact) mass is 261 g/mol. The van der Waals surface area contributed by atoms with Crippen LogP contribution in [0.4, 0.5) is 0 Å². The Morgan fingerprint density at radius 3 is 2.26 bits per heavy atom. The Hall–Kier alpha value is -1.15. The van der Waals surface area contributed by atoms with Gasteiger partial charge in [0, 0.05) is 18.2 Å². The van der Waals surface area contributed by atoms with Crippen LogP contribution in [0.5, 0.6) is 0 Å². The first-order chi connectivity index (χ1) is 8.81. The zero-order valence-electron chi connectivity index (χ0n) is 13.2. The van der Waals surface area contributed by atoms with Gasteiger partial charge in [0.05, 0.1) is 6.54 Å². The van der Waals surface area contributed by atoms with Crippen molar-refractivity contribution in [2.24, 2.45) is 5.92 Å². The van der Waals surface area contributed by atoms with Gasteiger partial charge in [0.1, 0.15) is 0 Å². The number of nitrogens with zero attached hydrogens (tertiary/aromatic N) is 1. The van der Waals surface area contributed by atoms with Crippen molar-refractivity contribution in [2.75, 3.05) is 13.1 Å². The van der Waals surface area contributed by atoms with Crippen LogP contribution in [-0.4, -0.2) is 29.8 Å². The highest BCUT2D eigenvalue weighted by Crippen LogP contribution is 2.13. The Morgan fingerprint density at radius 1 is 1.16 bits per heavy atom. The highest BCUT2D eigenvalue weighted by Gasteiger charge is 2.17. The summed E-state index contributed by atoms with van der Waals surface area (Å²) in [7, 11) is 0. The molecular weight excluding hydrogens is 234 g/mol. The van der Waals surface area contributed by atoms with Gasteiger partial charge < -0.3 is 0 Å². The van der Waals surface area contributed by atoms with Crippen LogP contribution in [0.15, 0.2) is 18.2 Å². The molecule has 0 aliphatic heterocycles. The van der Waals surface area contributed by atoms with Crippen LogP contribution in [0.25, 0.3) is 0 Å². The number of hydrogen-bond donors (Lipinski definition) is 0. The standard InChI is InChI=1S/C17H27NO/c1-12(2)10-18(13(3)4)11-17(19)16-8-7-14(5)9-15(16)6/h7-9,12-13H,10-11H2,1-6H3. The maximum absolute atomic E-state index is 12.4. The first kappa shape index (κ1) is 15.9. The fourth-order valence-corrected chi connectivity index (χ4v) is 2.32. The number of rotatable bonds is 6. The first-order valence-electron chi connectivity index (χ1n) is 7.15. The van der Waals surface area contributed by atoms with E-state index in [4.69, 9.17) is 0 Å². The van der Waals surface area contributed by atoms with E-state index in [9.17, 15) is 4.79 Å². The number of Topliss-reactive ketones (excluding diaryl/α,β-unsaturated/α-hetero) is 1. The summed E-state index contributed by atoms with van der Waals surface area (Å²) >= 11 is 0. The molecule has 0 atom stereocenters. The molecule has 0 bridgehead atoms. The number of carbonyl (C=O) groups is 1. The van der Waals surface area contributed by atoms with E-state index in [0.29, 0.717) is 18.5 Å². The van der Waals surface area contributed by atoms with E-state index in [-0.39, 0.29) is 5.78 Å². The van der Waals surface area contributed by atoms with Crippen molar-refractivity contribution >= 4 is 5.78 Å². The maximum Gasteiger partial charge on any atom is 0.177 e. The van der Waals surface area contributed by atoms with E-state index in [0.717, 1.165) is 17.7 Å². The molecule has 1 rings (SSSR count). The second kappa shape index (κ2) is 6.85. The molecule has 0 amide bonds. The second-order valence-corrected chi connectivity index (χ2v) is 6.16. The molecule has 0 heterocycles. The van der Waals surface area contributed by atoms with Crippen LogP contribution in [0.3, 0.4) is 0 Å². The molecule has 0 N–H and O–H groups in total. The number of hydrogen-bond acceptors (Lipinski definition) is 2. The lowest BCUT2D eigenvalue weighted by Crippen LogP contribution is -2.38. The maximum atomic E-state index is 12.4. The van der Waals surface area contributed by atoms with Crippen LogP contribution < -0.4 is 0 Å². The van der Waals surface area contributed by atoms with Crippen LogP contribution in [0.1, 0.15) is 49.2 Å². The third-order valence-corrected chi connectivity index (χ3v) is 3.36. The minimum absolute atomic E-state index is 0.229. The second-order valence-electron chi connectivity index (χ2n) is 6.16. The summed E-state index contributed by atoms with van der Waals surface area (Å²) in [5, 5.41) is 0. The summed E-state index contributed by atoms with van der Waals surface area (Å²) < 4.78 is 0. The molecule has 0 saturated carbocycles. The Balaban J connectivity index is 2.81. The minimum atomic E-state index is 0.229. The Morgan fingerprint density at radius 2 is 1.79 bits per heavy atom. The van der Waals surface area contributed by atoms with Crippen molar-refractivity contribution in [2.45, 2.75) is 47.6 Å². The van der Waals surface area contributed by atoms with Crippen molar-refractivity contribution in [1.82, 2.24) is 4.90 Å². The molecule has 1 aromatic rings. The van der Waals surface area contributed by atoms with Gasteiger partial charge in [-0.05, 0) is 39.2 Å². The molecular formula is C17H27NO. The summed E-state index contributed by atoms with van der Waals surface area (Å²) in [5.74, 6) is 0.807. The van der Waals surface area contributed by atoms with E-state index in [2.05, 4.69) is 45.6 Å². The van der Waals surface area contributed by atoms with E-state index in [1.54, 1.807) is 0 Å². The van der Waals surface area contributed by atoms with Gasteiger partial charge in [-0.25, -0.2) is 0 Å². The third-order valence-electron chi connectivity index (χ3n) is 3.36. The van der Waals surface area contributed by atoms with Crippen molar-refractivity contribution in [3.63, 3.8) is 0 Å². The Labute approximate surface area is 117 Å². The predicted molar refractivity (Wildman–Crippen MR) is 81.8 cm³/mol. The molecule has 0 fully saturated rings. The highest BCUT2D eigenvalue weighted by atomic mass is 16.1. The van der Waals surface area contributed by atoms with Crippen molar-refractivity contribution < 1.29 is 4.79 Å². The topological polar surface area (TPSA) is 20.3 Å². The van der Waals surface area contributed by atoms with Gasteiger partial charge in [-0.1, -0.05) is 37.6 Å². The molecule has 2 nitrogen and oxygen atoms in total. The SMILES string of the molecule is Cc1ccc(C(=O)CN(CC(C)C)C(C)C)c(C)c1. The molecule has 1 aromatic carbocycles. The van der Waals surface area contributed by atoms with Gasteiger partial charge in [-0.15, -0.1) is 0 Å². The lowest BCUT2D eigenvalue weighted by Gasteiger charge is -2.27. The summed E-state index contributed by atoms with van der Waals surface area (Å²) in [5.41, 5.74) is 3.15. The van der Waals surface area contributed by atoms with Crippen LogP contribution in [-0.2, 0) is 0 Å². The Bertz CT molecular complexity index is 435. The lowest BCUT2D eigenvalue weighted by atomic mass is 10.0. The van der Waals surface area contributed by atoms with Crippen LogP contribution in [0.2, 0.25) is 0 Å². The quantitative estimate of drug-likeness (QED) is 0.725. The summed E-state index contributed by atoms with van der Waals surface area (Å²) in [4.78, 5) is 14.7. The van der Waals surface area contributed by atoms with Crippen molar-refractivity contribution in [1.29, 1.82) is 0 Å². The molecule has 0 aromatic heterocycles. The molecule has 0 aliphatic carbocycles. The molecule has 19 heavy (non-hydrogen) atoms. The first-order valence-corrected chi connectivity index (χ1v) is 7.15. The van der Waals surface area contributed by atoms with Gasteiger partial charge in [0.15, 0.2) is 5.78 Å². The number of carbonyl (C=O) groups excluding carboxylic acids is 1. The molecule has 106 valence electrons. The molecule has 0 unspecified atom stereocenters. The van der Waals surface area contributed by atoms with E-state index in [1.807, 2.05) is 19.1 Å². The zero-order chi connectivity index (χ0) is 14.6. The van der Waals surface area contributed by atoms with E-state index >= 15 is 0 Å². The lowest BCUT2D eigenvalue weighted by molar-refractivity contribution is 0.0892. The summed E-state index contributed by atoms with van der Waals surface area (Å²) in [6.07, 6.45) is 0. The fraction of sp³-hybridized carbons (Fsp3) is 0.588. The summed E-state index contributed by atoms with van der Waals surface area (Å²) in [6, 6.07) is 6.45. The average Bonchev–Trinajstić information content (AvgIpc) is 2.26. The van der Waals surface area contributed by atoms with Gasteiger partial charge >= 0.3 is 0 Å². The third kappa shape index (κ3) is 4.79. The van der Waals surface area contributed by atoms with Gasteiger partial charge in [0.25, 0.3) is 0 Å². The number of benzene rings is 1. The fourth-order valence-electron chi connectivity index (χ4n) is 2.32. The zero-order valence-corrected chi connectivity index (χ0v) is 13.2. The van der Waals surface area contributed by atoms with E-state index < -0.39 is 0 Å². The van der Waals surface area contributed by atoms with Crippen molar-refractivity contribution in [3.05, 3.63) is 34.9 Å². The average molecular weight is 261 g/mol. The molecule has 2 heteroatoms. The number of aryl methyl sites for hydroxylation is 2. The summed E-state index contributed by atoms with van der Waals surface area (Å²) in [6.45, 7) is 14.2. The predicted octanol–water partition coefficient (Wildman–Crippen LogP) is 3.85. The van der Waals surface area contributed by atoms with Gasteiger partial charge in [-0.3, -0.25) is 9.69 Å². The molecule has 0 spiro atoms. The van der Waals surface area contributed by atoms with Crippen LogP contribution in [0, 0.1) is 19.8 Å². The van der Waals surface area contributed by atoms with Crippen LogP contribution >= 0.6 is 0 Å². The molecule has 0 saturated heterocycles. The van der Waals surface area contributed by atoms with Gasteiger partial charge in [-0.2, -0.15) is 0 Å². The normalized spacial score (nSPS) is 11.6. The Kier molecular flexibility index (Phi) is 5.74. The minimum Gasteiger partial charge on any atom is -0.293 e. The number of ketones is 1. The largest absolute Gasteiger partial charge is 0.293 e. The van der Waals surface area contributed by atoms with E-state index in [1.165, 1.54) is 5.56 Å².